The second-order valence-electron chi connectivity index (χ2n) is 7.59. The van der Waals surface area contributed by atoms with Crippen LogP contribution in [0, 0.1) is 5.41 Å². The van der Waals surface area contributed by atoms with Crippen LogP contribution in [0.1, 0.15) is 61.9 Å². The quantitative estimate of drug-likeness (QED) is 0.728. The van der Waals surface area contributed by atoms with Gasteiger partial charge in [-0.2, -0.15) is 0 Å². The summed E-state index contributed by atoms with van der Waals surface area (Å²) in [7, 11) is -2.75. The number of ketones is 2. The Morgan fingerprint density at radius 1 is 1.15 bits per heavy atom. The molecule has 0 atom stereocenters. The molecule has 8 heteroatoms. The van der Waals surface area contributed by atoms with Crippen LogP contribution in [0.15, 0.2) is 17.0 Å². The first-order valence-corrected chi connectivity index (χ1v) is 10.3. The van der Waals surface area contributed by atoms with E-state index in [1.165, 1.54) is 20.1 Å². The van der Waals surface area contributed by atoms with E-state index >= 15 is 0 Å². The molecule has 2 aliphatic rings. The van der Waals surface area contributed by atoms with E-state index < -0.39 is 27.9 Å². The Labute approximate surface area is 158 Å². The van der Waals surface area contributed by atoms with Crippen molar-refractivity contribution in [3.63, 3.8) is 0 Å². The zero-order valence-corrected chi connectivity index (χ0v) is 16.7. The number of rotatable bonds is 4. The summed E-state index contributed by atoms with van der Waals surface area (Å²) in [6.45, 7) is 4.69. The minimum absolute atomic E-state index is 0.102. The minimum Gasteiger partial charge on any atom is -0.497 e. The van der Waals surface area contributed by atoms with Crippen LogP contribution < -0.4 is 4.74 Å². The molecule has 1 aliphatic heterocycles. The first-order valence-electron chi connectivity index (χ1n) is 8.89. The van der Waals surface area contributed by atoms with Gasteiger partial charge in [0, 0.05) is 18.9 Å². The third-order valence-corrected chi connectivity index (χ3v) is 7.22. The van der Waals surface area contributed by atoms with Crippen LogP contribution in [0.4, 0.5) is 0 Å². The number of amides is 1. The van der Waals surface area contributed by atoms with E-state index in [2.05, 4.69) is 0 Å². The summed E-state index contributed by atoms with van der Waals surface area (Å²) < 4.78 is 32.1. The number of benzene rings is 1. The van der Waals surface area contributed by atoms with Crippen LogP contribution in [-0.4, -0.2) is 43.9 Å². The van der Waals surface area contributed by atoms with Crippen LogP contribution in [0.3, 0.4) is 0 Å². The summed E-state index contributed by atoms with van der Waals surface area (Å²) in [5, 5.41) is 0. The highest BCUT2D eigenvalue weighted by molar-refractivity contribution is 7.90. The zero-order valence-electron chi connectivity index (χ0n) is 15.9. The number of hydrogen-bond donors (Lipinski definition) is 0. The van der Waals surface area contributed by atoms with Gasteiger partial charge in [0.15, 0.2) is 0 Å². The summed E-state index contributed by atoms with van der Waals surface area (Å²) in [5.74, 6) is -1.10. The fourth-order valence-electron chi connectivity index (χ4n) is 3.71. The maximum absolute atomic E-state index is 13.1. The van der Waals surface area contributed by atoms with E-state index in [4.69, 9.17) is 4.74 Å². The summed E-state index contributed by atoms with van der Waals surface area (Å²) >= 11 is 0. The number of Topliss-reactive ketones (excluding diaryl/α,β-unsaturated/α-hetero) is 2. The maximum atomic E-state index is 13.1. The molecule has 1 aromatic carbocycles. The Morgan fingerprint density at radius 3 is 2.26 bits per heavy atom. The Kier molecular flexibility index (Phi) is 4.66. The molecular formula is C19H23NO6S. The van der Waals surface area contributed by atoms with E-state index in [0.717, 1.165) is 0 Å². The van der Waals surface area contributed by atoms with Gasteiger partial charge in [0.05, 0.1) is 19.2 Å². The van der Waals surface area contributed by atoms with Gasteiger partial charge in [-0.25, -0.2) is 12.7 Å². The molecule has 0 N–H and O–H groups in total. The van der Waals surface area contributed by atoms with Gasteiger partial charge in [0.2, 0.25) is 0 Å². The average Bonchev–Trinajstić information content (AvgIpc) is 2.80. The van der Waals surface area contributed by atoms with Crippen molar-refractivity contribution in [3.8, 4) is 5.75 Å². The Bertz CT molecular complexity index is 931. The van der Waals surface area contributed by atoms with Gasteiger partial charge >= 0.3 is 0 Å². The summed E-state index contributed by atoms with van der Waals surface area (Å²) in [6, 6.07) is 2.97. The number of nitrogens with zero attached hydrogens (tertiary/aromatic N) is 1. The topological polar surface area (TPSA) is 97.8 Å². The van der Waals surface area contributed by atoms with Crippen molar-refractivity contribution in [1.29, 1.82) is 0 Å². The third kappa shape index (κ3) is 2.86. The van der Waals surface area contributed by atoms with Crippen molar-refractivity contribution in [3.05, 3.63) is 23.3 Å². The number of hydrogen-bond acceptors (Lipinski definition) is 6. The highest BCUT2D eigenvalue weighted by Gasteiger charge is 2.51. The van der Waals surface area contributed by atoms with Crippen molar-refractivity contribution >= 4 is 27.5 Å². The largest absolute Gasteiger partial charge is 0.497 e. The predicted molar refractivity (Wildman–Crippen MR) is 97.3 cm³/mol. The lowest BCUT2D eigenvalue weighted by atomic mass is 9.73. The fourth-order valence-corrected chi connectivity index (χ4v) is 5.41. The second kappa shape index (κ2) is 6.44. The van der Waals surface area contributed by atoms with E-state index in [1.54, 1.807) is 6.07 Å². The van der Waals surface area contributed by atoms with Gasteiger partial charge < -0.3 is 4.74 Å². The molecule has 146 valence electrons. The lowest BCUT2D eigenvalue weighted by Gasteiger charge is -2.33. The van der Waals surface area contributed by atoms with E-state index in [0.29, 0.717) is 22.0 Å². The molecule has 3 rings (SSSR count). The van der Waals surface area contributed by atoms with Crippen molar-refractivity contribution in [2.45, 2.75) is 50.8 Å². The van der Waals surface area contributed by atoms with Crippen LogP contribution in [-0.2, 0) is 19.6 Å². The molecule has 1 heterocycles. The number of fused-ring (bicyclic) bond motifs is 1. The highest BCUT2D eigenvalue weighted by Crippen LogP contribution is 2.41. The molecule has 1 aliphatic carbocycles. The molecular weight excluding hydrogens is 370 g/mol. The molecule has 1 aromatic rings. The molecule has 1 amide bonds. The van der Waals surface area contributed by atoms with E-state index in [9.17, 15) is 22.8 Å². The Balaban J connectivity index is 2.12. The summed E-state index contributed by atoms with van der Waals surface area (Å²) in [4.78, 5) is 37.7. The number of methoxy groups -OCH3 is 1. The van der Waals surface area contributed by atoms with E-state index in [1.807, 2.05) is 13.8 Å². The molecule has 1 saturated carbocycles. The normalized spacial score (nSPS) is 20.9. The van der Waals surface area contributed by atoms with Crippen LogP contribution in [0.2, 0.25) is 0 Å². The highest BCUT2D eigenvalue weighted by atomic mass is 32.2. The fraction of sp³-hybridized carbons (Fsp3) is 0.526. The number of carbonyl (C=O) groups excluding carboxylic acids is 3. The SMILES string of the molecule is COc1cc(C(C)C)c2c(c1)S(=O)(=O)N(CC1(C)C(=O)CCCC1=O)C2=O. The Hall–Kier alpha value is -2.22. The van der Waals surface area contributed by atoms with Gasteiger partial charge in [0.1, 0.15) is 27.6 Å². The third-order valence-electron chi connectivity index (χ3n) is 5.47. The van der Waals surface area contributed by atoms with Gasteiger partial charge in [-0.1, -0.05) is 13.8 Å². The Morgan fingerprint density at radius 2 is 1.74 bits per heavy atom. The average molecular weight is 393 g/mol. The molecule has 7 nitrogen and oxygen atoms in total. The van der Waals surface area contributed by atoms with Crippen molar-refractivity contribution in [2.24, 2.45) is 5.41 Å². The van der Waals surface area contributed by atoms with Crippen molar-refractivity contribution in [1.82, 2.24) is 4.31 Å². The first kappa shape index (κ1) is 19.5. The number of sulfonamides is 1. The van der Waals surface area contributed by atoms with Gasteiger partial charge in [-0.3, -0.25) is 14.4 Å². The lowest BCUT2D eigenvalue weighted by Crippen LogP contribution is -2.50. The van der Waals surface area contributed by atoms with Gasteiger partial charge in [0.25, 0.3) is 15.9 Å². The minimum atomic E-state index is -4.17. The maximum Gasteiger partial charge on any atom is 0.269 e. The van der Waals surface area contributed by atoms with Crippen LogP contribution in [0.5, 0.6) is 5.75 Å². The number of carbonyl (C=O) groups is 3. The predicted octanol–water partition coefficient (Wildman–Crippen LogP) is 2.29. The smallest absolute Gasteiger partial charge is 0.269 e. The van der Waals surface area contributed by atoms with E-state index in [-0.39, 0.29) is 40.8 Å². The molecule has 1 fully saturated rings. The molecule has 27 heavy (non-hydrogen) atoms. The number of ether oxygens (including phenoxy) is 1. The van der Waals surface area contributed by atoms with Crippen LogP contribution >= 0.6 is 0 Å². The second-order valence-corrected chi connectivity index (χ2v) is 9.42. The molecule has 0 spiro atoms. The monoisotopic (exact) mass is 393 g/mol. The standard InChI is InChI=1S/C19H23NO6S/c1-11(2)13-8-12(26-4)9-14-17(13)18(23)20(27(14,24)25)10-19(3)15(21)6-5-7-16(19)22/h8-9,11H,5-7,10H2,1-4H3. The summed E-state index contributed by atoms with van der Waals surface area (Å²) in [5.41, 5.74) is -0.831. The molecule has 0 bridgehead atoms. The summed E-state index contributed by atoms with van der Waals surface area (Å²) in [6.07, 6.45) is 0.882. The molecule has 0 aromatic heterocycles. The lowest BCUT2D eigenvalue weighted by molar-refractivity contribution is -0.142. The zero-order chi connectivity index (χ0) is 20.1. The molecule has 0 saturated heterocycles. The first-order chi connectivity index (χ1) is 12.5. The van der Waals surface area contributed by atoms with Gasteiger partial charge in [-0.15, -0.1) is 0 Å². The van der Waals surface area contributed by atoms with Crippen LogP contribution in [0.25, 0.3) is 0 Å². The van der Waals surface area contributed by atoms with Gasteiger partial charge in [-0.05, 0) is 30.9 Å². The van der Waals surface area contributed by atoms with Crippen molar-refractivity contribution < 1.29 is 27.5 Å². The molecule has 0 unspecified atom stereocenters. The van der Waals surface area contributed by atoms with Crippen molar-refractivity contribution in [2.75, 3.05) is 13.7 Å². The molecule has 0 radical (unpaired) electrons.